The van der Waals surface area contributed by atoms with Crippen LogP contribution in [0.4, 0.5) is 17.6 Å². The Morgan fingerprint density at radius 3 is 2.30 bits per heavy atom. The van der Waals surface area contributed by atoms with Crippen LogP contribution in [-0.4, -0.2) is 29.5 Å². The van der Waals surface area contributed by atoms with Crippen LogP contribution < -0.4 is 0 Å². The van der Waals surface area contributed by atoms with E-state index >= 15 is 0 Å². The zero-order valence-electron chi connectivity index (χ0n) is 10.3. The first-order valence-electron chi connectivity index (χ1n) is 5.45. The monoisotopic (exact) mass is 290 g/mol. The first kappa shape index (κ1) is 16.0. The third-order valence-electron chi connectivity index (χ3n) is 2.21. The first-order valence-corrected chi connectivity index (χ1v) is 5.45. The second-order valence-corrected chi connectivity index (χ2v) is 3.69. The summed E-state index contributed by atoms with van der Waals surface area (Å²) in [4.78, 5) is 11.2. The lowest BCUT2D eigenvalue weighted by Crippen LogP contribution is -2.52. The van der Waals surface area contributed by atoms with Crippen LogP contribution in [0.1, 0.15) is 12.5 Å². The predicted molar refractivity (Wildman–Crippen MR) is 60.9 cm³/mol. The Bertz CT molecular complexity index is 539. The summed E-state index contributed by atoms with van der Waals surface area (Å²) in [7, 11) is 0. The largest absolute Gasteiger partial charge is 0.463 e. The van der Waals surface area contributed by atoms with Gasteiger partial charge in [-0.15, -0.1) is 0 Å². The maximum Gasteiger partial charge on any atom is 0.440 e. The highest BCUT2D eigenvalue weighted by Gasteiger charge is 2.60. The average molecular weight is 290 g/mol. The van der Waals surface area contributed by atoms with Crippen LogP contribution in [-0.2, 0) is 9.53 Å². The van der Waals surface area contributed by atoms with E-state index in [2.05, 4.69) is 4.74 Å². The van der Waals surface area contributed by atoms with Crippen LogP contribution in [0.3, 0.4) is 0 Å². The van der Waals surface area contributed by atoms with Gasteiger partial charge in [0.2, 0.25) is 0 Å². The maximum atomic E-state index is 12.7. The molecule has 0 unspecified atom stereocenters. The molecule has 108 valence electrons. The molecule has 1 aromatic rings. The fourth-order valence-corrected chi connectivity index (χ4v) is 1.17. The number of carbonyl (C=O) groups is 1. The standard InChI is InChI=1S/C13H10F4O3/c1-2-20-11(18)12(19,13(15,16)17)8-7-9-3-5-10(14)6-4-9/h3-6,19H,2H2,1H3/t12-/m1/s1. The molecule has 7 heteroatoms. The Morgan fingerprint density at radius 1 is 1.30 bits per heavy atom. The van der Waals surface area contributed by atoms with Gasteiger partial charge in [0.05, 0.1) is 6.61 Å². The number of ether oxygens (including phenoxy) is 1. The van der Waals surface area contributed by atoms with E-state index in [1.165, 1.54) is 12.8 Å². The summed E-state index contributed by atoms with van der Waals surface area (Å²) in [6.07, 6.45) is -5.31. The molecule has 0 radical (unpaired) electrons. The average Bonchev–Trinajstić information content (AvgIpc) is 2.36. The molecule has 0 aliphatic carbocycles. The van der Waals surface area contributed by atoms with Gasteiger partial charge in [-0.1, -0.05) is 5.92 Å². The zero-order chi connectivity index (χ0) is 15.4. The molecule has 1 rings (SSSR count). The minimum Gasteiger partial charge on any atom is -0.463 e. The van der Waals surface area contributed by atoms with Crippen LogP contribution in [0.25, 0.3) is 0 Å². The molecule has 0 saturated carbocycles. The quantitative estimate of drug-likeness (QED) is 0.515. The van der Waals surface area contributed by atoms with Crippen molar-refractivity contribution in [2.24, 2.45) is 0 Å². The highest BCUT2D eigenvalue weighted by Crippen LogP contribution is 2.31. The van der Waals surface area contributed by atoms with Crippen LogP contribution in [0, 0.1) is 17.7 Å². The van der Waals surface area contributed by atoms with Gasteiger partial charge in [-0.3, -0.25) is 0 Å². The molecule has 0 saturated heterocycles. The van der Waals surface area contributed by atoms with E-state index < -0.39 is 23.6 Å². The van der Waals surface area contributed by atoms with E-state index in [-0.39, 0.29) is 12.2 Å². The fourth-order valence-electron chi connectivity index (χ4n) is 1.17. The van der Waals surface area contributed by atoms with E-state index in [9.17, 15) is 27.5 Å². The van der Waals surface area contributed by atoms with Crippen molar-refractivity contribution in [3.8, 4) is 11.8 Å². The van der Waals surface area contributed by atoms with Crippen molar-refractivity contribution in [1.82, 2.24) is 0 Å². The molecule has 20 heavy (non-hydrogen) atoms. The number of hydrogen-bond donors (Lipinski definition) is 1. The normalized spacial score (nSPS) is 13.9. The van der Waals surface area contributed by atoms with Gasteiger partial charge in [-0.2, -0.15) is 13.2 Å². The molecule has 0 heterocycles. The lowest BCUT2D eigenvalue weighted by molar-refractivity contribution is -0.242. The van der Waals surface area contributed by atoms with Gasteiger partial charge in [-0.25, -0.2) is 9.18 Å². The molecule has 0 aromatic heterocycles. The minimum absolute atomic E-state index is 0.0124. The maximum absolute atomic E-state index is 12.7. The highest BCUT2D eigenvalue weighted by atomic mass is 19.4. The Kier molecular flexibility index (Phi) is 4.73. The van der Waals surface area contributed by atoms with Gasteiger partial charge in [0.1, 0.15) is 5.82 Å². The van der Waals surface area contributed by atoms with Crippen LogP contribution in [0.15, 0.2) is 24.3 Å². The fraction of sp³-hybridized carbons (Fsp3) is 0.308. The van der Waals surface area contributed by atoms with Crippen molar-refractivity contribution in [2.45, 2.75) is 18.7 Å². The number of aliphatic hydroxyl groups is 1. The minimum atomic E-state index is -5.31. The molecule has 0 spiro atoms. The Morgan fingerprint density at radius 2 is 1.85 bits per heavy atom. The second-order valence-electron chi connectivity index (χ2n) is 3.69. The van der Waals surface area contributed by atoms with Crippen LogP contribution in [0.5, 0.6) is 0 Å². The van der Waals surface area contributed by atoms with Gasteiger partial charge in [-0.05, 0) is 37.1 Å². The number of carbonyl (C=O) groups excluding carboxylic acids is 1. The van der Waals surface area contributed by atoms with Gasteiger partial charge in [0, 0.05) is 5.56 Å². The van der Waals surface area contributed by atoms with Crippen molar-refractivity contribution >= 4 is 5.97 Å². The first-order chi connectivity index (χ1) is 9.20. The Labute approximate surface area is 112 Å². The van der Waals surface area contributed by atoms with Crippen LogP contribution >= 0.6 is 0 Å². The third-order valence-corrected chi connectivity index (χ3v) is 2.21. The van der Waals surface area contributed by atoms with Crippen molar-refractivity contribution < 1.29 is 32.2 Å². The molecular weight excluding hydrogens is 280 g/mol. The molecule has 1 aromatic carbocycles. The van der Waals surface area contributed by atoms with E-state index in [4.69, 9.17) is 0 Å². The van der Waals surface area contributed by atoms with E-state index in [0.29, 0.717) is 0 Å². The van der Waals surface area contributed by atoms with E-state index in [1.54, 1.807) is 0 Å². The zero-order valence-corrected chi connectivity index (χ0v) is 10.3. The van der Waals surface area contributed by atoms with Crippen molar-refractivity contribution in [2.75, 3.05) is 6.61 Å². The Hall–Kier alpha value is -2.07. The molecule has 0 aliphatic rings. The number of esters is 1. The molecule has 1 atom stereocenters. The van der Waals surface area contributed by atoms with Gasteiger partial charge in [0.15, 0.2) is 0 Å². The SMILES string of the molecule is CCOC(=O)[C@](O)(C#Cc1ccc(F)cc1)C(F)(F)F. The topological polar surface area (TPSA) is 46.5 Å². The van der Waals surface area contributed by atoms with Crippen molar-refractivity contribution in [3.63, 3.8) is 0 Å². The molecular formula is C13H10F4O3. The van der Waals surface area contributed by atoms with Crippen LogP contribution in [0.2, 0.25) is 0 Å². The predicted octanol–water partition coefficient (Wildman–Crippen LogP) is 2.03. The number of alkyl halides is 3. The summed E-state index contributed by atoms with van der Waals surface area (Å²) in [5.41, 5.74) is -3.91. The molecule has 0 fully saturated rings. The highest BCUT2D eigenvalue weighted by molar-refractivity contribution is 5.84. The third kappa shape index (κ3) is 3.48. The molecule has 0 amide bonds. The summed E-state index contributed by atoms with van der Waals surface area (Å²) in [6.45, 7) is 0.956. The molecule has 0 bridgehead atoms. The summed E-state index contributed by atoms with van der Waals surface area (Å²) >= 11 is 0. The number of rotatable bonds is 2. The smallest absolute Gasteiger partial charge is 0.440 e. The van der Waals surface area contributed by atoms with Gasteiger partial charge in [0.25, 0.3) is 0 Å². The number of benzene rings is 1. The molecule has 1 N–H and O–H groups in total. The van der Waals surface area contributed by atoms with Gasteiger partial charge < -0.3 is 9.84 Å². The summed E-state index contributed by atoms with van der Waals surface area (Å²) in [5, 5.41) is 9.42. The summed E-state index contributed by atoms with van der Waals surface area (Å²) in [6, 6.07) is 4.20. The molecule has 3 nitrogen and oxygen atoms in total. The lowest BCUT2D eigenvalue weighted by atomic mass is 10.0. The van der Waals surface area contributed by atoms with E-state index in [0.717, 1.165) is 24.3 Å². The summed E-state index contributed by atoms with van der Waals surface area (Å²) in [5.74, 6) is 0.919. The Balaban J connectivity index is 3.15. The molecule has 0 aliphatic heterocycles. The number of halogens is 4. The van der Waals surface area contributed by atoms with E-state index in [1.807, 2.05) is 5.92 Å². The summed E-state index contributed by atoms with van der Waals surface area (Å²) < 4.78 is 55.0. The number of hydrogen-bond acceptors (Lipinski definition) is 3. The van der Waals surface area contributed by atoms with Crippen molar-refractivity contribution in [1.29, 1.82) is 0 Å². The van der Waals surface area contributed by atoms with Crippen molar-refractivity contribution in [3.05, 3.63) is 35.6 Å². The van der Waals surface area contributed by atoms with Gasteiger partial charge >= 0.3 is 17.7 Å². The lowest BCUT2D eigenvalue weighted by Gasteiger charge is -2.22. The second kappa shape index (κ2) is 5.92.